The molecule has 3 aromatic rings. The van der Waals surface area contributed by atoms with Gasteiger partial charge in [-0.1, -0.05) is 60.7 Å². The van der Waals surface area contributed by atoms with Crippen LogP contribution < -0.4 is 0 Å². The van der Waals surface area contributed by atoms with Crippen LogP contribution >= 0.6 is 15.9 Å². The van der Waals surface area contributed by atoms with E-state index >= 15 is 0 Å². The minimum absolute atomic E-state index is 0.0248. The lowest BCUT2D eigenvalue weighted by Crippen LogP contribution is -2.42. The van der Waals surface area contributed by atoms with Crippen LogP contribution in [0.25, 0.3) is 0 Å². The number of esters is 1. The van der Waals surface area contributed by atoms with E-state index in [-0.39, 0.29) is 32.0 Å². The average Bonchev–Trinajstić information content (AvgIpc) is 3.58. The summed E-state index contributed by atoms with van der Waals surface area (Å²) < 4.78 is 28.7. The Morgan fingerprint density at radius 1 is 1.02 bits per heavy atom. The Kier molecular flexibility index (Phi) is 12.3. The van der Waals surface area contributed by atoms with E-state index in [4.69, 9.17) is 28.5 Å². The highest BCUT2D eigenvalue weighted by molar-refractivity contribution is 9.10. The van der Waals surface area contributed by atoms with Crippen LogP contribution in [0.2, 0.25) is 0 Å². The fourth-order valence-corrected chi connectivity index (χ4v) is 5.44. The Labute approximate surface area is 259 Å². The molecule has 43 heavy (non-hydrogen) atoms. The second-order valence-electron chi connectivity index (χ2n) is 10.0. The molecule has 10 nitrogen and oxygen atoms in total. The predicted molar refractivity (Wildman–Crippen MR) is 159 cm³/mol. The molecule has 11 heteroatoms. The van der Waals surface area contributed by atoms with Crippen molar-refractivity contribution in [1.29, 1.82) is 0 Å². The molecule has 0 aliphatic carbocycles. The van der Waals surface area contributed by atoms with Crippen LogP contribution in [-0.2, 0) is 41.4 Å². The summed E-state index contributed by atoms with van der Waals surface area (Å²) in [6, 6.07) is 19.6. The number of furan rings is 1. The summed E-state index contributed by atoms with van der Waals surface area (Å²) in [7, 11) is 0. The number of halogens is 1. The molecular weight excluding hydrogens is 622 g/mol. The monoisotopic (exact) mass is 657 g/mol. The second kappa shape index (κ2) is 16.4. The number of rotatable bonds is 16. The van der Waals surface area contributed by atoms with Crippen LogP contribution in [0.4, 0.5) is 4.79 Å². The molecule has 4 rings (SSSR count). The number of imide groups is 1. The molecule has 2 aromatic carbocycles. The lowest BCUT2D eigenvalue weighted by molar-refractivity contribution is -0.155. The fraction of sp³-hybridized carbons (Fsp3) is 0.406. The standard InChI is InChI=1S/C32H36BrNO9/c1-22(36)42-30(29-20-26(33)28(43-29)13-8-15-39-17-18-40-16-14-35)25(19-23-9-4-2-5-10-23)31(37)34-27(21-41-32(34)38)24-11-6-3-7-12-24/h2-7,9-12,20,25,27,30,35H,8,13-19,21H2,1H3/t25-,27+,30-/m0/s1. The van der Waals surface area contributed by atoms with Crippen molar-refractivity contribution in [3.05, 3.63) is 93.9 Å². The van der Waals surface area contributed by atoms with Gasteiger partial charge in [0.15, 0.2) is 6.10 Å². The van der Waals surface area contributed by atoms with Gasteiger partial charge in [0.25, 0.3) is 0 Å². The summed E-state index contributed by atoms with van der Waals surface area (Å²) >= 11 is 3.54. The van der Waals surface area contributed by atoms with Crippen molar-refractivity contribution in [2.24, 2.45) is 5.92 Å². The second-order valence-corrected chi connectivity index (χ2v) is 10.9. The summed E-state index contributed by atoms with van der Waals surface area (Å²) in [6.45, 7) is 2.80. The van der Waals surface area contributed by atoms with Gasteiger partial charge < -0.3 is 28.5 Å². The van der Waals surface area contributed by atoms with Gasteiger partial charge in [0.2, 0.25) is 5.91 Å². The topological polar surface area (TPSA) is 125 Å². The lowest BCUT2D eigenvalue weighted by Gasteiger charge is -2.29. The Morgan fingerprint density at radius 2 is 1.70 bits per heavy atom. The Bertz CT molecular complexity index is 1330. The molecular formula is C32H36BrNO9. The zero-order chi connectivity index (χ0) is 30.6. The van der Waals surface area contributed by atoms with E-state index in [0.717, 1.165) is 16.0 Å². The molecule has 0 bridgehead atoms. The number of benzene rings is 2. The van der Waals surface area contributed by atoms with Crippen molar-refractivity contribution in [2.75, 3.05) is 39.6 Å². The predicted octanol–water partition coefficient (Wildman–Crippen LogP) is 5.18. The minimum atomic E-state index is -1.11. The van der Waals surface area contributed by atoms with Crippen molar-refractivity contribution in [3.8, 4) is 0 Å². The first-order valence-electron chi connectivity index (χ1n) is 14.2. The number of carbonyl (C=O) groups is 3. The normalized spacial score (nSPS) is 16.1. The van der Waals surface area contributed by atoms with Gasteiger partial charge in [0.05, 0.1) is 36.8 Å². The first-order chi connectivity index (χ1) is 20.9. The van der Waals surface area contributed by atoms with Crippen molar-refractivity contribution in [2.45, 2.75) is 38.3 Å². The molecule has 0 spiro atoms. The molecule has 1 aliphatic heterocycles. The highest BCUT2D eigenvalue weighted by atomic mass is 79.9. The van der Waals surface area contributed by atoms with Gasteiger partial charge >= 0.3 is 12.1 Å². The number of aliphatic hydroxyl groups excluding tert-OH is 1. The molecule has 230 valence electrons. The Balaban J connectivity index is 1.58. The number of aryl methyl sites for hydroxylation is 1. The molecule has 2 amide bonds. The molecule has 0 radical (unpaired) electrons. The lowest BCUT2D eigenvalue weighted by atomic mass is 9.90. The molecule has 1 aromatic heterocycles. The number of carbonyl (C=O) groups excluding carboxylic acids is 3. The fourth-order valence-electron chi connectivity index (χ4n) is 4.93. The molecule has 1 fully saturated rings. The van der Waals surface area contributed by atoms with Gasteiger partial charge in [-0.25, -0.2) is 9.69 Å². The van der Waals surface area contributed by atoms with E-state index in [9.17, 15) is 14.4 Å². The van der Waals surface area contributed by atoms with Gasteiger partial charge in [-0.05, 0) is 46.0 Å². The van der Waals surface area contributed by atoms with Gasteiger partial charge in [-0.3, -0.25) is 9.59 Å². The van der Waals surface area contributed by atoms with Gasteiger partial charge in [0, 0.05) is 20.0 Å². The highest BCUT2D eigenvalue weighted by Crippen LogP contribution is 2.38. The summed E-state index contributed by atoms with van der Waals surface area (Å²) in [6.07, 6.45) is -0.505. The van der Waals surface area contributed by atoms with Gasteiger partial charge in [-0.2, -0.15) is 0 Å². The molecule has 0 unspecified atom stereocenters. The summed E-state index contributed by atoms with van der Waals surface area (Å²) in [4.78, 5) is 40.8. The smallest absolute Gasteiger partial charge is 0.417 e. The zero-order valence-corrected chi connectivity index (χ0v) is 25.6. The summed E-state index contributed by atoms with van der Waals surface area (Å²) in [5.74, 6) is -1.21. The minimum Gasteiger partial charge on any atom is -0.461 e. The molecule has 1 aliphatic rings. The molecule has 1 saturated heterocycles. The van der Waals surface area contributed by atoms with E-state index in [1.54, 1.807) is 6.07 Å². The van der Waals surface area contributed by atoms with Crippen LogP contribution in [0.3, 0.4) is 0 Å². The first-order valence-corrected chi connectivity index (χ1v) is 15.0. The van der Waals surface area contributed by atoms with Crippen LogP contribution in [-0.4, -0.2) is 67.6 Å². The van der Waals surface area contributed by atoms with E-state index in [1.165, 1.54) is 6.92 Å². The molecule has 3 atom stereocenters. The van der Waals surface area contributed by atoms with E-state index in [1.807, 2.05) is 60.7 Å². The van der Waals surface area contributed by atoms with Crippen molar-refractivity contribution < 1.29 is 42.9 Å². The largest absolute Gasteiger partial charge is 0.461 e. The number of nitrogens with zero attached hydrogens (tertiary/aromatic N) is 1. The summed E-state index contributed by atoms with van der Waals surface area (Å²) in [5.41, 5.74) is 1.59. The third kappa shape index (κ3) is 8.99. The number of amides is 2. The Hall–Kier alpha value is -3.51. The highest BCUT2D eigenvalue weighted by Gasteiger charge is 2.46. The maximum absolute atomic E-state index is 14.3. The van der Waals surface area contributed by atoms with E-state index < -0.39 is 36.0 Å². The Morgan fingerprint density at radius 3 is 2.37 bits per heavy atom. The van der Waals surface area contributed by atoms with Gasteiger partial charge in [0.1, 0.15) is 24.2 Å². The summed E-state index contributed by atoms with van der Waals surface area (Å²) in [5, 5.41) is 8.76. The maximum atomic E-state index is 14.3. The third-order valence-electron chi connectivity index (χ3n) is 6.93. The number of hydrogen-bond donors (Lipinski definition) is 1. The van der Waals surface area contributed by atoms with Gasteiger partial charge in [-0.15, -0.1) is 0 Å². The van der Waals surface area contributed by atoms with Crippen LogP contribution in [0.5, 0.6) is 0 Å². The van der Waals surface area contributed by atoms with E-state index in [2.05, 4.69) is 15.9 Å². The molecule has 2 heterocycles. The van der Waals surface area contributed by atoms with Crippen LogP contribution in [0, 0.1) is 5.92 Å². The number of aliphatic hydroxyl groups is 1. The van der Waals surface area contributed by atoms with Crippen molar-refractivity contribution >= 4 is 33.9 Å². The number of cyclic esters (lactones) is 1. The molecule has 0 saturated carbocycles. The zero-order valence-electron chi connectivity index (χ0n) is 24.0. The first kappa shape index (κ1) is 32.4. The SMILES string of the molecule is CC(=O)O[C@H](c1cc(Br)c(CCCOCCOCCO)o1)[C@H](Cc1ccccc1)C(=O)N1C(=O)OC[C@@H]1c1ccccc1. The quantitative estimate of drug-likeness (QED) is 0.164. The number of ether oxygens (including phenoxy) is 4. The van der Waals surface area contributed by atoms with Crippen LogP contribution in [0.1, 0.15) is 48.1 Å². The molecule has 1 N–H and O–H groups in total. The third-order valence-corrected chi connectivity index (χ3v) is 7.60. The van der Waals surface area contributed by atoms with Crippen molar-refractivity contribution in [1.82, 2.24) is 4.90 Å². The van der Waals surface area contributed by atoms with E-state index in [0.29, 0.717) is 42.9 Å². The number of hydrogen-bond acceptors (Lipinski definition) is 9. The van der Waals surface area contributed by atoms with Crippen LogP contribution in [0.15, 0.2) is 75.6 Å². The van der Waals surface area contributed by atoms with Crippen molar-refractivity contribution in [3.63, 3.8) is 0 Å². The average molecular weight is 659 g/mol. The maximum Gasteiger partial charge on any atom is 0.417 e.